The molecule has 1 aromatic carbocycles. The number of hydrogen-bond acceptors (Lipinski definition) is 3. The molecule has 0 unspecified atom stereocenters. The Morgan fingerprint density at radius 2 is 1.88 bits per heavy atom. The molecule has 0 radical (unpaired) electrons. The van der Waals surface area contributed by atoms with Gasteiger partial charge < -0.3 is 0 Å². The first kappa shape index (κ1) is 10.2. The van der Waals surface area contributed by atoms with Crippen LogP contribution < -0.4 is 0 Å². The van der Waals surface area contributed by atoms with Crippen LogP contribution in [0.1, 0.15) is 5.82 Å². The third-order valence-electron chi connectivity index (χ3n) is 2.48. The summed E-state index contributed by atoms with van der Waals surface area (Å²) in [6, 6.07) is 9.85. The van der Waals surface area contributed by atoms with Crippen molar-refractivity contribution in [3.8, 4) is 11.1 Å². The standard InChI is InChI=1S/C12H9ClN4/c1-8-14-12-15-11(13)10(7-17(12)16-8)9-5-3-2-4-6-9/h2-7H,1H3. The summed E-state index contributed by atoms with van der Waals surface area (Å²) in [6.45, 7) is 1.82. The predicted molar refractivity (Wildman–Crippen MR) is 66.0 cm³/mol. The van der Waals surface area contributed by atoms with Crippen LogP contribution in [0.4, 0.5) is 0 Å². The Hall–Kier alpha value is -1.94. The summed E-state index contributed by atoms with van der Waals surface area (Å²) in [5.41, 5.74) is 1.87. The first-order valence-electron chi connectivity index (χ1n) is 5.19. The molecule has 2 heterocycles. The third kappa shape index (κ3) is 1.76. The lowest BCUT2D eigenvalue weighted by Gasteiger charge is -2.03. The highest BCUT2D eigenvalue weighted by atomic mass is 35.5. The van der Waals surface area contributed by atoms with Gasteiger partial charge in [-0.15, -0.1) is 0 Å². The van der Waals surface area contributed by atoms with Crippen LogP contribution in [-0.2, 0) is 0 Å². The molecule has 84 valence electrons. The van der Waals surface area contributed by atoms with Gasteiger partial charge in [0.2, 0.25) is 0 Å². The Balaban J connectivity index is 2.26. The Kier molecular flexibility index (Phi) is 2.30. The van der Waals surface area contributed by atoms with Crippen molar-refractivity contribution in [3.05, 3.63) is 47.5 Å². The van der Waals surface area contributed by atoms with E-state index in [0.717, 1.165) is 11.1 Å². The van der Waals surface area contributed by atoms with E-state index in [9.17, 15) is 0 Å². The first-order chi connectivity index (χ1) is 8.24. The van der Waals surface area contributed by atoms with Crippen molar-refractivity contribution in [2.75, 3.05) is 0 Å². The number of rotatable bonds is 1. The van der Waals surface area contributed by atoms with Gasteiger partial charge in [-0.05, 0) is 12.5 Å². The number of benzene rings is 1. The number of aryl methyl sites for hydroxylation is 1. The molecule has 0 amide bonds. The van der Waals surface area contributed by atoms with Gasteiger partial charge in [0, 0.05) is 11.8 Å². The molecular weight excluding hydrogens is 236 g/mol. The lowest BCUT2D eigenvalue weighted by atomic mass is 10.1. The minimum atomic E-state index is 0.441. The van der Waals surface area contributed by atoms with Gasteiger partial charge >= 0.3 is 0 Å². The van der Waals surface area contributed by atoms with Gasteiger partial charge in [-0.2, -0.15) is 15.1 Å². The van der Waals surface area contributed by atoms with Gasteiger partial charge in [0.1, 0.15) is 11.0 Å². The number of halogens is 1. The highest BCUT2D eigenvalue weighted by Gasteiger charge is 2.09. The molecule has 5 heteroatoms. The summed E-state index contributed by atoms with van der Waals surface area (Å²) in [5, 5.41) is 4.67. The molecule has 0 fully saturated rings. The lowest BCUT2D eigenvalue weighted by Crippen LogP contribution is -1.94. The monoisotopic (exact) mass is 244 g/mol. The fourth-order valence-corrected chi connectivity index (χ4v) is 1.95. The molecule has 2 aromatic heterocycles. The first-order valence-corrected chi connectivity index (χ1v) is 5.57. The zero-order valence-corrected chi connectivity index (χ0v) is 9.89. The zero-order valence-electron chi connectivity index (χ0n) is 9.13. The average molecular weight is 245 g/mol. The summed E-state index contributed by atoms with van der Waals surface area (Å²) in [4.78, 5) is 8.39. The van der Waals surface area contributed by atoms with Crippen LogP contribution in [0.15, 0.2) is 36.5 Å². The number of fused-ring (bicyclic) bond motifs is 1. The van der Waals surface area contributed by atoms with E-state index in [1.54, 1.807) is 4.52 Å². The van der Waals surface area contributed by atoms with Crippen LogP contribution in [0.25, 0.3) is 16.9 Å². The SMILES string of the molecule is Cc1nc2nc(Cl)c(-c3ccccc3)cn2n1. The molecule has 0 aliphatic rings. The summed E-state index contributed by atoms with van der Waals surface area (Å²) >= 11 is 6.15. The van der Waals surface area contributed by atoms with Crippen molar-refractivity contribution < 1.29 is 0 Å². The number of nitrogens with zero attached hydrogens (tertiary/aromatic N) is 4. The molecule has 0 spiro atoms. The van der Waals surface area contributed by atoms with E-state index in [2.05, 4.69) is 15.1 Å². The molecule has 3 rings (SSSR count). The van der Waals surface area contributed by atoms with Crippen molar-refractivity contribution in [2.24, 2.45) is 0 Å². The van der Waals surface area contributed by atoms with Crippen LogP contribution in [0.2, 0.25) is 5.15 Å². The quantitative estimate of drug-likeness (QED) is 0.618. The predicted octanol–water partition coefficient (Wildman–Crippen LogP) is 2.75. The Morgan fingerprint density at radius 3 is 2.65 bits per heavy atom. The Morgan fingerprint density at radius 1 is 1.12 bits per heavy atom. The van der Waals surface area contributed by atoms with E-state index >= 15 is 0 Å². The van der Waals surface area contributed by atoms with E-state index in [1.807, 2.05) is 43.5 Å². The maximum Gasteiger partial charge on any atom is 0.253 e. The van der Waals surface area contributed by atoms with Crippen LogP contribution in [0.5, 0.6) is 0 Å². The topological polar surface area (TPSA) is 43.1 Å². The van der Waals surface area contributed by atoms with Gasteiger partial charge in [0.15, 0.2) is 0 Å². The summed E-state index contributed by atoms with van der Waals surface area (Å²) in [6.07, 6.45) is 1.85. The average Bonchev–Trinajstić information content (AvgIpc) is 2.68. The Bertz CT molecular complexity index is 676. The lowest BCUT2D eigenvalue weighted by molar-refractivity contribution is 0.918. The molecular formula is C12H9ClN4. The fourth-order valence-electron chi connectivity index (χ4n) is 1.72. The second-order valence-corrected chi connectivity index (χ2v) is 4.07. The molecule has 0 aliphatic carbocycles. The molecule has 0 atom stereocenters. The van der Waals surface area contributed by atoms with E-state index in [1.165, 1.54) is 0 Å². The van der Waals surface area contributed by atoms with E-state index in [4.69, 9.17) is 11.6 Å². The van der Waals surface area contributed by atoms with Gasteiger partial charge in [-0.3, -0.25) is 0 Å². The number of aromatic nitrogens is 4. The molecule has 0 N–H and O–H groups in total. The zero-order chi connectivity index (χ0) is 11.8. The minimum absolute atomic E-state index is 0.441. The molecule has 3 aromatic rings. The van der Waals surface area contributed by atoms with Gasteiger partial charge in [-0.25, -0.2) is 4.52 Å². The summed E-state index contributed by atoms with van der Waals surface area (Å²) in [7, 11) is 0. The second kappa shape index (κ2) is 3.82. The smallest absolute Gasteiger partial charge is 0.204 e. The normalized spacial score (nSPS) is 10.9. The van der Waals surface area contributed by atoms with Crippen LogP contribution in [0.3, 0.4) is 0 Å². The summed E-state index contributed by atoms with van der Waals surface area (Å²) < 4.78 is 1.64. The number of hydrogen-bond donors (Lipinski definition) is 0. The van der Waals surface area contributed by atoms with E-state index in [-0.39, 0.29) is 0 Å². The second-order valence-electron chi connectivity index (χ2n) is 3.71. The van der Waals surface area contributed by atoms with Crippen LogP contribution in [-0.4, -0.2) is 19.6 Å². The van der Waals surface area contributed by atoms with Crippen molar-refractivity contribution in [1.29, 1.82) is 0 Å². The fraction of sp³-hybridized carbons (Fsp3) is 0.0833. The van der Waals surface area contributed by atoms with Gasteiger partial charge in [0.25, 0.3) is 5.78 Å². The minimum Gasteiger partial charge on any atom is -0.204 e. The van der Waals surface area contributed by atoms with Gasteiger partial charge in [-0.1, -0.05) is 41.9 Å². The van der Waals surface area contributed by atoms with Crippen molar-refractivity contribution in [2.45, 2.75) is 6.92 Å². The van der Waals surface area contributed by atoms with Crippen molar-refractivity contribution >= 4 is 17.4 Å². The van der Waals surface area contributed by atoms with Crippen molar-refractivity contribution in [3.63, 3.8) is 0 Å². The van der Waals surface area contributed by atoms with E-state index < -0.39 is 0 Å². The largest absolute Gasteiger partial charge is 0.253 e. The molecule has 0 aliphatic heterocycles. The van der Waals surface area contributed by atoms with Gasteiger partial charge in [0.05, 0.1) is 0 Å². The molecule has 0 bridgehead atoms. The molecule has 17 heavy (non-hydrogen) atoms. The maximum atomic E-state index is 6.15. The third-order valence-corrected chi connectivity index (χ3v) is 2.76. The molecule has 0 saturated heterocycles. The summed E-state index contributed by atoms with van der Waals surface area (Å²) in [5.74, 6) is 1.20. The van der Waals surface area contributed by atoms with E-state index in [0.29, 0.717) is 16.8 Å². The molecule has 4 nitrogen and oxygen atoms in total. The highest BCUT2D eigenvalue weighted by Crippen LogP contribution is 2.25. The molecule has 0 saturated carbocycles. The maximum absolute atomic E-state index is 6.15. The highest BCUT2D eigenvalue weighted by molar-refractivity contribution is 6.32. The Labute approximate surface area is 103 Å². The van der Waals surface area contributed by atoms with Crippen molar-refractivity contribution in [1.82, 2.24) is 19.6 Å². The van der Waals surface area contributed by atoms with Crippen LogP contribution >= 0.6 is 11.6 Å². The van der Waals surface area contributed by atoms with Crippen LogP contribution in [0, 0.1) is 6.92 Å².